The Morgan fingerprint density at radius 2 is 2.42 bits per heavy atom. The lowest BCUT2D eigenvalue weighted by Gasteiger charge is -2.21. The smallest absolute Gasteiger partial charge is 0.246 e. The minimum absolute atomic E-state index is 0.0832. The van der Waals surface area contributed by atoms with E-state index < -0.39 is 18.0 Å². The van der Waals surface area contributed by atoms with Gasteiger partial charge in [0.15, 0.2) is 0 Å². The molecule has 0 radical (unpaired) electrons. The van der Waals surface area contributed by atoms with Crippen LogP contribution in [0.2, 0.25) is 0 Å². The van der Waals surface area contributed by atoms with E-state index in [2.05, 4.69) is 5.32 Å². The highest BCUT2D eigenvalue weighted by Crippen LogP contribution is 2.32. The van der Waals surface area contributed by atoms with Gasteiger partial charge >= 0.3 is 0 Å². The average Bonchev–Trinajstić information content (AvgIpc) is 2.51. The Kier molecular flexibility index (Phi) is 4.34. The van der Waals surface area contributed by atoms with Crippen LogP contribution in [0.4, 0.5) is 4.39 Å². The van der Waals surface area contributed by atoms with Gasteiger partial charge in [-0.25, -0.2) is 4.39 Å². The number of ether oxygens (including phenoxy) is 2. The summed E-state index contributed by atoms with van der Waals surface area (Å²) in [4.78, 5) is 11.5. The number of halogens is 1. The summed E-state index contributed by atoms with van der Waals surface area (Å²) >= 11 is 0. The molecule has 19 heavy (non-hydrogen) atoms. The Labute approximate surface area is 110 Å². The summed E-state index contributed by atoms with van der Waals surface area (Å²) in [6.07, 6.45) is -0.568. The minimum Gasteiger partial charge on any atom is -0.493 e. The maximum atomic E-state index is 13.2. The largest absolute Gasteiger partial charge is 0.493 e. The van der Waals surface area contributed by atoms with E-state index in [4.69, 9.17) is 9.47 Å². The molecular formula is C13H16FNO4. The summed E-state index contributed by atoms with van der Waals surface area (Å²) in [6.45, 7) is 0.258. The molecule has 0 bridgehead atoms. The zero-order chi connectivity index (χ0) is 13.8. The predicted molar refractivity (Wildman–Crippen MR) is 65.3 cm³/mol. The number of hydrogen-bond acceptors (Lipinski definition) is 4. The lowest BCUT2D eigenvalue weighted by Crippen LogP contribution is -2.41. The third-order valence-corrected chi connectivity index (χ3v) is 2.98. The molecule has 1 aliphatic heterocycles. The number of aliphatic hydroxyl groups is 1. The molecule has 2 N–H and O–H groups in total. The summed E-state index contributed by atoms with van der Waals surface area (Å²) in [5, 5.41) is 12.9. The van der Waals surface area contributed by atoms with Gasteiger partial charge in [-0.1, -0.05) is 0 Å². The molecule has 0 saturated heterocycles. The van der Waals surface area contributed by atoms with Crippen molar-refractivity contribution in [3.63, 3.8) is 0 Å². The fourth-order valence-electron chi connectivity index (χ4n) is 2.08. The van der Waals surface area contributed by atoms with E-state index in [0.29, 0.717) is 24.3 Å². The highest BCUT2D eigenvalue weighted by atomic mass is 19.1. The first-order valence-corrected chi connectivity index (χ1v) is 6.00. The third kappa shape index (κ3) is 3.21. The van der Waals surface area contributed by atoms with E-state index in [-0.39, 0.29) is 12.5 Å². The molecule has 1 aromatic rings. The second-order valence-corrected chi connectivity index (χ2v) is 4.37. The lowest BCUT2D eigenvalue weighted by molar-refractivity contribution is -0.126. The van der Waals surface area contributed by atoms with Crippen LogP contribution in [0.3, 0.4) is 0 Å². The van der Waals surface area contributed by atoms with Crippen molar-refractivity contribution in [2.75, 3.05) is 20.3 Å². The summed E-state index contributed by atoms with van der Waals surface area (Å²) in [5.41, 5.74) is 0.347. The van der Waals surface area contributed by atoms with Crippen molar-refractivity contribution < 1.29 is 23.8 Å². The first kappa shape index (κ1) is 13.8. The lowest BCUT2D eigenvalue weighted by atomic mass is 10.00. The van der Waals surface area contributed by atoms with Crippen molar-refractivity contribution in [3.8, 4) is 5.75 Å². The number of fused-ring (bicyclic) bond motifs is 1. The number of carbonyl (C=O) groups excluding carboxylic acids is 1. The summed E-state index contributed by atoms with van der Waals surface area (Å²) < 4.78 is 23.4. The summed E-state index contributed by atoms with van der Waals surface area (Å²) in [7, 11) is 1.41. The van der Waals surface area contributed by atoms with Crippen LogP contribution in [0.15, 0.2) is 18.2 Å². The van der Waals surface area contributed by atoms with E-state index in [1.54, 1.807) is 0 Å². The summed E-state index contributed by atoms with van der Waals surface area (Å²) in [6, 6.07) is 3.45. The molecule has 0 fully saturated rings. The van der Waals surface area contributed by atoms with Crippen LogP contribution in [0.5, 0.6) is 5.75 Å². The Balaban J connectivity index is 2.18. The molecule has 1 aliphatic rings. The fourth-order valence-corrected chi connectivity index (χ4v) is 2.08. The molecule has 6 heteroatoms. The van der Waals surface area contributed by atoms with Crippen molar-refractivity contribution in [2.24, 2.45) is 0 Å². The molecular weight excluding hydrogens is 253 g/mol. The second kappa shape index (κ2) is 5.99. The molecule has 1 aromatic carbocycles. The molecule has 0 aromatic heterocycles. The van der Waals surface area contributed by atoms with Crippen LogP contribution >= 0.6 is 0 Å². The monoisotopic (exact) mass is 269 g/mol. The van der Waals surface area contributed by atoms with Crippen LogP contribution in [0.25, 0.3) is 0 Å². The highest BCUT2D eigenvalue weighted by Gasteiger charge is 2.28. The number of rotatable bonds is 3. The molecule has 2 rings (SSSR count). The number of nitrogens with one attached hydrogen (secondary N) is 1. The average molecular weight is 269 g/mol. The van der Waals surface area contributed by atoms with Crippen molar-refractivity contribution in [1.82, 2.24) is 5.32 Å². The van der Waals surface area contributed by atoms with Crippen molar-refractivity contribution in [3.05, 3.63) is 29.6 Å². The zero-order valence-corrected chi connectivity index (χ0v) is 10.6. The third-order valence-electron chi connectivity index (χ3n) is 2.98. The van der Waals surface area contributed by atoms with Gasteiger partial charge < -0.3 is 19.9 Å². The first-order valence-electron chi connectivity index (χ1n) is 6.00. The summed E-state index contributed by atoms with van der Waals surface area (Å²) in [5.74, 6) is -0.339. The second-order valence-electron chi connectivity index (χ2n) is 4.37. The molecule has 0 spiro atoms. The maximum absolute atomic E-state index is 13.2. The van der Waals surface area contributed by atoms with Gasteiger partial charge in [-0.05, 0) is 18.2 Å². The topological polar surface area (TPSA) is 67.8 Å². The van der Waals surface area contributed by atoms with Crippen LogP contribution in [-0.2, 0) is 9.53 Å². The molecule has 0 saturated carbocycles. The standard InChI is InChI=1S/C13H16FNO4/c1-18-7-12(16)15-10-4-5-19-11-3-2-8(14)6-9(11)13(10)17/h2-3,6,10,13,17H,4-5,7H2,1H3,(H,15,16). The quantitative estimate of drug-likeness (QED) is 0.850. The van der Waals surface area contributed by atoms with Gasteiger partial charge in [0.05, 0.1) is 12.6 Å². The van der Waals surface area contributed by atoms with Crippen molar-refractivity contribution in [2.45, 2.75) is 18.6 Å². The Morgan fingerprint density at radius 3 is 3.16 bits per heavy atom. The van der Waals surface area contributed by atoms with Gasteiger partial charge in [-0.3, -0.25) is 4.79 Å². The van der Waals surface area contributed by atoms with Gasteiger partial charge in [-0.15, -0.1) is 0 Å². The van der Waals surface area contributed by atoms with Gasteiger partial charge in [0.25, 0.3) is 0 Å². The molecule has 0 aliphatic carbocycles. The van der Waals surface area contributed by atoms with E-state index in [1.165, 1.54) is 25.3 Å². The van der Waals surface area contributed by atoms with E-state index in [1.807, 2.05) is 0 Å². The Morgan fingerprint density at radius 1 is 1.63 bits per heavy atom. The fraction of sp³-hybridized carbons (Fsp3) is 0.462. The number of hydrogen-bond donors (Lipinski definition) is 2. The van der Waals surface area contributed by atoms with Gasteiger partial charge in [0.1, 0.15) is 24.3 Å². The SMILES string of the molecule is COCC(=O)NC1CCOc2ccc(F)cc2C1O. The van der Waals surface area contributed by atoms with Crippen LogP contribution in [-0.4, -0.2) is 37.4 Å². The van der Waals surface area contributed by atoms with Crippen molar-refractivity contribution in [1.29, 1.82) is 0 Å². The molecule has 5 nitrogen and oxygen atoms in total. The molecule has 104 valence electrons. The van der Waals surface area contributed by atoms with Crippen LogP contribution in [0, 0.1) is 5.82 Å². The van der Waals surface area contributed by atoms with E-state index >= 15 is 0 Å². The maximum Gasteiger partial charge on any atom is 0.246 e. The zero-order valence-electron chi connectivity index (χ0n) is 10.6. The normalized spacial score (nSPS) is 22.1. The number of aliphatic hydroxyl groups excluding tert-OH is 1. The van der Waals surface area contributed by atoms with E-state index in [9.17, 15) is 14.3 Å². The Hall–Kier alpha value is -1.66. The molecule has 1 heterocycles. The van der Waals surface area contributed by atoms with Crippen LogP contribution < -0.4 is 10.1 Å². The number of carbonyl (C=O) groups is 1. The molecule has 1 amide bonds. The molecule has 2 unspecified atom stereocenters. The van der Waals surface area contributed by atoms with E-state index in [0.717, 1.165) is 0 Å². The predicted octanol–water partition coefficient (Wildman–Crippen LogP) is 0.773. The number of amides is 1. The van der Waals surface area contributed by atoms with Gasteiger partial charge in [0.2, 0.25) is 5.91 Å². The van der Waals surface area contributed by atoms with Crippen LogP contribution in [0.1, 0.15) is 18.1 Å². The van der Waals surface area contributed by atoms with Gasteiger partial charge in [0, 0.05) is 19.1 Å². The van der Waals surface area contributed by atoms with Gasteiger partial charge in [-0.2, -0.15) is 0 Å². The highest BCUT2D eigenvalue weighted by molar-refractivity contribution is 5.77. The number of benzene rings is 1. The molecule has 2 atom stereocenters. The minimum atomic E-state index is -1.01. The first-order chi connectivity index (χ1) is 9.11. The number of methoxy groups -OCH3 is 1. The van der Waals surface area contributed by atoms with Crippen molar-refractivity contribution >= 4 is 5.91 Å². The Bertz CT molecular complexity index is 466.